The topological polar surface area (TPSA) is 51.0 Å². The maximum atomic E-state index is 5.89. The summed E-state index contributed by atoms with van der Waals surface area (Å²) in [5.41, 5.74) is 4.49. The third kappa shape index (κ3) is 3.54. The van der Waals surface area contributed by atoms with Crippen LogP contribution in [0.25, 0.3) is 11.5 Å². The molecule has 0 unspecified atom stereocenters. The van der Waals surface area contributed by atoms with Crippen molar-refractivity contribution in [1.29, 1.82) is 0 Å². The molecule has 1 aromatic heterocycles. The molecule has 1 N–H and O–H groups in total. The lowest BCUT2D eigenvalue weighted by atomic mass is 10.1. The molecule has 23 heavy (non-hydrogen) atoms. The third-order valence-corrected chi connectivity index (χ3v) is 3.97. The molecule has 0 radical (unpaired) electrons. The zero-order chi connectivity index (χ0) is 16.2. The Morgan fingerprint density at radius 2 is 1.87 bits per heavy atom. The molecule has 2 aromatic carbocycles. The van der Waals surface area contributed by atoms with Gasteiger partial charge in [-0.05, 0) is 48.7 Å². The van der Waals surface area contributed by atoms with Gasteiger partial charge in [0.05, 0.1) is 6.54 Å². The Labute approximate surface area is 140 Å². The van der Waals surface area contributed by atoms with Crippen LogP contribution in [0.5, 0.6) is 0 Å². The summed E-state index contributed by atoms with van der Waals surface area (Å²) in [6.07, 6.45) is 0.976. The summed E-state index contributed by atoms with van der Waals surface area (Å²) in [5, 5.41) is 12.3. The van der Waals surface area contributed by atoms with Gasteiger partial charge in [-0.3, -0.25) is 0 Å². The van der Waals surface area contributed by atoms with Gasteiger partial charge >= 0.3 is 0 Å². The molecule has 0 aliphatic heterocycles. The summed E-state index contributed by atoms with van der Waals surface area (Å²) in [6.45, 7) is 4.73. The maximum Gasteiger partial charge on any atom is 0.247 e. The molecule has 0 spiro atoms. The lowest BCUT2D eigenvalue weighted by Gasteiger charge is -2.12. The Kier molecular flexibility index (Phi) is 4.63. The first-order valence-corrected chi connectivity index (χ1v) is 7.96. The van der Waals surface area contributed by atoms with Gasteiger partial charge in [0.2, 0.25) is 11.8 Å². The van der Waals surface area contributed by atoms with Crippen LogP contribution in [-0.4, -0.2) is 10.2 Å². The number of halogens is 1. The molecule has 5 heteroatoms. The fourth-order valence-electron chi connectivity index (χ4n) is 2.47. The monoisotopic (exact) mass is 327 g/mol. The van der Waals surface area contributed by atoms with Crippen molar-refractivity contribution in [3.63, 3.8) is 0 Å². The number of anilines is 1. The molecule has 3 rings (SSSR count). The second-order valence-electron chi connectivity index (χ2n) is 5.32. The highest BCUT2D eigenvalue weighted by Gasteiger charge is 2.10. The summed E-state index contributed by atoms with van der Waals surface area (Å²) in [7, 11) is 0. The average Bonchev–Trinajstić information content (AvgIpc) is 3.03. The van der Waals surface area contributed by atoms with Gasteiger partial charge in [-0.25, -0.2) is 0 Å². The summed E-state index contributed by atoms with van der Waals surface area (Å²) >= 11 is 5.89. The van der Waals surface area contributed by atoms with Crippen LogP contribution in [0.4, 0.5) is 5.69 Å². The Morgan fingerprint density at radius 1 is 1.09 bits per heavy atom. The van der Waals surface area contributed by atoms with Gasteiger partial charge in [0.1, 0.15) is 0 Å². The van der Waals surface area contributed by atoms with Crippen molar-refractivity contribution in [3.05, 3.63) is 64.5 Å². The molecule has 1 heterocycles. The number of benzene rings is 2. The Hall–Kier alpha value is -2.33. The van der Waals surface area contributed by atoms with Crippen LogP contribution in [0.3, 0.4) is 0 Å². The van der Waals surface area contributed by atoms with Gasteiger partial charge in [0, 0.05) is 16.3 Å². The van der Waals surface area contributed by atoms with Gasteiger partial charge in [0.25, 0.3) is 0 Å². The van der Waals surface area contributed by atoms with Crippen molar-refractivity contribution in [3.8, 4) is 11.5 Å². The van der Waals surface area contributed by atoms with Crippen LogP contribution in [0.15, 0.2) is 46.9 Å². The highest BCUT2D eigenvalue weighted by atomic mass is 35.5. The number of nitrogens with one attached hydrogen (secondary N) is 1. The zero-order valence-electron chi connectivity index (χ0n) is 13.1. The van der Waals surface area contributed by atoms with Gasteiger partial charge in [0.15, 0.2) is 0 Å². The summed E-state index contributed by atoms with van der Waals surface area (Å²) in [4.78, 5) is 0. The number of nitrogens with zero attached hydrogens (tertiary/aromatic N) is 2. The van der Waals surface area contributed by atoms with Crippen molar-refractivity contribution >= 4 is 17.3 Å². The molecule has 0 saturated heterocycles. The van der Waals surface area contributed by atoms with Crippen molar-refractivity contribution in [2.75, 3.05) is 5.32 Å². The number of aryl methyl sites for hydroxylation is 2. The number of para-hydroxylation sites is 1. The lowest BCUT2D eigenvalue weighted by molar-refractivity contribution is 0.515. The maximum absolute atomic E-state index is 5.89. The Morgan fingerprint density at radius 3 is 2.61 bits per heavy atom. The van der Waals surface area contributed by atoms with Crippen molar-refractivity contribution < 1.29 is 4.42 Å². The number of hydrogen-bond donors (Lipinski definition) is 1. The van der Waals surface area contributed by atoms with E-state index in [1.54, 1.807) is 12.1 Å². The van der Waals surface area contributed by atoms with Gasteiger partial charge in [-0.2, -0.15) is 0 Å². The first-order chi connectivity index (χ1) is 11.2. The minimum absolute atomic E-state index is 0.498. The molecule has 118 valence electrons. The zero-order valence-corrected chi connectivity index (χ0v) is 13.9. The first-order valence-electron chi connectivity index (χ1n) is 7.58. The normalized spacial score (nSPS) is 10.7. The van der Waals surface area contributed by atoms with Crippen molar-refractivity contribution in [2.24, 2.45) is 0 Å². The fourth-order valence-corrected chi connectivity index (χ4v) is 2.60. The van der Waals surface area contributed by atoms with Gasteiger partial charge in [-0.1, -0.05) is 36.7 Å². The second-order valence-corrected chi connectivity index (χ2v) is 5.76. The van der Waals surface area contributed by atoms with Crippen LogP contribution in [0.2, 0.25) is 5.02 Å². The fraction of sp³-hybridized carbons (Fsp3) is 0.222. The van der Waals surface area contributed by atoms with E-state index in [0.717, 1.165) is 17.7 Å². The van der Waals surface area contributed by atoms with E-state index in [0.29, 0.717) is 23.3 Å². The molecular formula is C18H18ClN3O. The van der Waals surface area contributed by atoms with Crippen LogP contribution in [0, 0.1) is 6.92 Å². The second kappa shape index (κ2) is 6.84. The number of aromatic nitrogens is 2. The first kappa shape index (κ1) is 15.6. The van der Waals surface area contributed by atoms with Gasteiger partial charge < -0.3 is 9.73 Å². The van der Waals surface area contributed by atoms with E-state index in [9.17, 15) is 0 Å². The minimum Gasteiger partial charge on any atom is -0.419 e. The smallest absolute Gasteiger partial charge is 0.247 e. The van der Waals surface area contributed by atoms with Crippen molar-refractivity contribution in [2.45, 2.75) is 26.8 Å². The summed E-state index contributed by atoms with van der Waals surface area (Å²) in [5.74, 6) is 1.05. The molecule has 0 bridgehead atoms. The Bertz CT molecular complexity index is 796. The van der Waals surface area contributed by atoms with E-state index < -0.39 is 0 Å². The van der Waals surface area contributed by atoms with E-state index in [4.69, 9.17) is 16.0 Å². The lowest BCUT2D eigenvalue weighted by Crippen LogP contribution is -2.04. The molecular weight excluding hydrogens is 310 g/mol. The molecule has 0 aliphatic rings. The SMILES string of the molecule is CCc1cccc(C)c1NCc1nnc(-c2ccc(Cl)cc2)o1. The minimum atomic E-state index is 0.498. The molecule has 0 atom stereocenters. The number of hydrogen-bond acceptors (Lipinski definition) is 4. The molecule has 0 amide bonds. The van der Waals surface area contributed by atoms with E-state index in [2.05, 4.69) is 47.6 Å². The molecule has 0 saturated carbocycles. The van der Waals surface area contributed by atoms with E-state index in [1.807, 2.05) is 12.1 Å². The van der Waals surface area contributed by atoms with E-state index in [1.165, 1.54) is 11.1 Å². The molecule has 0 aliphatic carbocycles. The highest BCUT2D eigenvalue weighted by molar-refractivity contribution is 6.30. The highest BCUT2D eigenvalue weighted by Crippen LogP contribution is 2.23. The number of rotatable bonds is 5. The van der Waals surface area contributed by atoms with E-state index in [-0.39, 0.29) is 0 Å². The molecule has 0 fully saturated rings. The average molecular weight is 328 g/mol. The molecule has 4 nitrogen and oxygen atoms in total. The van der Waals surface area contributed by atoms with Crippen molar-refractivity contribution in [1.82, 2.24) is 10.2 Å². The summed E-state index contributed by atoms with van der Waals surface area (Å²) in [6, 6.07) is 13.6. The van der Waals surface area contributed by atoms with Crippen LogP contribution in [0.1, 0.15) is 23.9 Å². The van der Waals surface area contributed by atoms with Crippen LogP contribution >= 0.6 is 11.6 Å². The Balaban J connectivity index is 1.74. The van der Waals surface area contributed by atoms with Gasteiger partial charge in [-0.15, -0.1) is 10.2 Å². The standard InChI is InChI=1S/C18H18ClN3O/c1-3-13-6-4-5-12(2)17(13)20-11-16-21-22-18(23-16)14-7-9-15(19)10-8-14/h4-10,20H,3,11H2,1-2H3. The largest absolute Gasteiger partial charge is 0.419 e. The molecule has 3 aromatic rings. The predicted molar refractivity (Wildman–Crippen MR) is 92.6 cm³/mol. The summed E-state index contributed by atoms with van der Waals surface area (Å²) < 4.78 is 5.72. The van der Waals surface area contributed by atoms with Crippen LogP contribution < -0.4 is 5.32 Å². The third-order valence-electron chi connectivity index (χ3n) is 3.71. The van der Waals surface area contributed by atoms with E-state index >= 15 is 0 Å². The predicted octanol–water partition coefficient (Wildman–Crippen LogP) is 4.87. The quantitative estimate of drug-likeness (QED) is 0.726. The van der Waals surface area contributed by atoms with Crippen LogP contribution in [-0.2, 0) is 13.0 Å².